The van der Waals surface area contributed by atoms with Crippen molar-refractivity contribution >= 4 is 17.8 Å². The normalized spacial score (nSPS) is 14.4. The van der Waals surface area contributed by atoms with E-state index in [0.29, 0.717) is 0 Å². The number of rotatable bonds is 3. The van der Waals surface area contributed by atoms with Crippen LogP contribution >= 0.6 is 0 Å². The second-order valence-corrected chi connectivity index (χ2v) is 3.72. The van der Waals surface area contributed by atoms with E-state index in [2.05, 4.69) is 4.74 Å². The number of benzene rings is 1. The summed E-state index contributed by atoms with van der Waals surface area (Å²) >= 11 is 0. The fourth-order valence-electron chi connectivity index (χ4n) is 1.82. The molecule has 1 aromatic rings. The first kappa shape index (κ1) is 12.8. The molecule has 0 aliphatic carbocycles. The molecule has 2 rings (SSSR count). The van der Waals surface area contributed by atoms with Gasteiger partial charge in [0.2, 0.25) is 0 Å². The molecule has 0 bridgehead atoms. The Morgan fingerprint density at radius 3 is 2.05 bits per heavy atom. The second-order valence-electron chi connectivity index (χ2n) is 3.72. The molecule has 19 heavy (non-hydrogen) atoms. The maximum absolute atomic E-state index is 12.1. The highest BCUT2D eigenvalue weighted by molar-refractivity contribution is 6.24. The quantitative estimate of drug-likeness (QED) is 0.350. The van der Waals surface area contributed by atoms with Gasteiger partial charge in [0.25, 0.3) is 11.8 Å². The van der Waals surface area contributed by atoms with Gasteiger partial charge >= 0.3 is 5.97 Å². The van der Waals surface area contributed by atoms with E-state index < -0.39 is 17.8 Å². The summed E-state index contributed by atoms with van der Waals surface area (Å²) in [5.41, 5.74) is 0.244. The number of fused-ring (bicyclic) bond motifs is 1. The first-order valence-electron chi connectivity index (χ1n) is 5.41. The molecular formula is C13H11NO5. The summed E-state index contributed by atoms with van der Waals surface area (Å²) < 4.78 is 9.27. The number of nitrogens with zero attached hydrogens (tertiary/aromatic N) is 1. The molecule has 0 unspecified atom stereocenters. The molecule has 1 aromatic carbocycles. The van der Waals surface area contributed by atoms with Gasteiger partial charge in [0.1, 0.15) is 6.26 Å². The van der Waals surface area contributed by atoms with Crippen LogP contribution in [0, 0.1) is 0 Å². The largest absolute Gasteiger partial charge is 0.502 e. The molecule has 0 fully saturated rings. The van der Waals surface area contributed by atoms with Gasteiger partial charge in [0.05, 0.1) is 25.3 Å². The van der Waals surface area contributed by atoms with Crippen LogP contribution in [0.3, 0.4) is 0 Å². The number of ether oxygens (including phenoxy) is 2. The number of methoxy groups -OCH3 is 2. The number of esters is 1. The minimum Gasteiger partial charge on any atom is -0.502 e. The van der Waals surface area contributed by atoms with Gasteiger partial charge in [0, 0.05) is 0 Å². The lowest BCUT2D eigenvalue weighted by molar-refractivity contribution is -0.137. The molecule has 0 saturated carbocycles. The van der Waals surface area contributed by atoms with Crippen LogP contribution in [0.4, 0.5) is 0 Å². The molecule has 0 aromatic heterocycles. The zero-order chi connectivity index (χ0) is 14.0. The molecule has 0 saturated heterocycles. The van der Waals surface area contributed by atoms with Crippen molar-refractivity contribution in [3.8, 4) is 0 Å². The van der Waals surface area contributed by atoms with Crippen LogP contribution in [0.2, 0.25) is 0 Å². The van der Waals surface area contributed by atoms with Crippen molar-refractivity contribution in [3.63, 3.8) is 0 Å². The van der Waals surface area contributed by atoms with Gasteiger partial charge in [-0.15, -0.1) is 0 Å². The van der Waals surface area contributed by atoms with Gasteiger partial charge in [-0.05, 0) is 12.1 Å². The monoisotopic (exact) mass is 261 g/mol. The SMILES string of the molecule is CO/C=C(/C(=O)OC)N1C(=O)c2ccccc2C1=O. The Hall–Kier alpha value is -2.63. The van der Waals surface area contributed by atoms with Crippen molar-refractivity contribution in [3.05, 3.63) is 47.4 Å². The standard InChI is InChI=1S/C13H11NO5/c1-18-7-10(13(17)19-2)14-11(15)8-5-3-4-6-9(8)12(14)16/h3-7H,1-2H3/b10-7-. The summed E-state index contributed by atoms with van der Waals surface area (Å²) in [6.45, 7) is 0. The zero-order valence-electron chi connectivity index (χ0n) is 10.4. The maximum atomic E-state index is 12.1. The molecule has 1 aliphatic rings. The summed E-state index contributed by atoms with van der Waals surface area (Å²) in [4.78, 5) is 36.7. The zero-order valence-corrected chi connectivity index (χ0v) is 10.4. The number of hydrogen-bond donors (Lipinski definition) is 0. The minimum atomic E-state index is -0.823. The van der Waals surface area contributed by atoms with Crippen molar-refractivity contribution in [1.82, 2.24) is 4.90 Å². The lowest BCUT2D eigenvalue weighted by Crippen LogP contribution is -2.33. The van der Waals surface area contributed by atoms with Gasteiger partial charge in [-0.3, -0.25) is 9.59 Å². The predicted molar refractivity (Wildman–Crippen MR) is 64.1 cm³/mol. The van der Waals surface area contributed by atoms with E-state index >= 15 is 0 Å². The van der Waals surface area contributed by atoms with Crippen molar-refractivity contribution in [2.75, 3.05) is 14.2 Å². The van der Waals surface area contributed by atoms with Crippen LogP contribution in [0.5, 0.6) is 0 Å². The lowest BCUT2D eigenvalue weighted by atomic mass is 10.1. The Labute approximate surface area is 109 Å². The fourth-order valence-corrected chi connectivity index (χ4v) is 1.82. The minimum absolute atomic E-state index is 0.249. The Kier molecular flexibility index (Phi) is 3.33. The van der Waals surface area contributed by atoms with E-state index in [4.69, 9.17) is 4.74 Å². The van der Waals surface area contributed by atoms with Crippen LogP contribution in [0.25, 0.3) is 0 Å². The summed E-state index contributed by atoms with van der Waals surface area (Å²) in [6, 6.07) is 6.34. The highest BCUT2D eigenvalue weighted by Crippen LogP contribution is 2.26. The summed E-state index contributed by atoms with van der Waals surface area (Å²) in [7, 11) is 2.46. The third kappa shape index (κ3) is 1.97. The fraction of sp³-hybridized carbons (Fsp3) is 0.154. The maximum Gasteiger partial charge on any atom is 0.358 e. The predicted octanol–water partition coefficient (Wildman–Crippen LogP) is 0.943. The second kappa shape index (κ2) is 4.93. The Morgan fingerprint density at radius 2 is 1.63 bits per heavy atom. The number of hydrogen-bond acceptors (Lipinski definition) is 5. The third-order valence-corrected chi connectivity index (χ3v) is 2.66. The molecular weight excluding hydrogens is 250 g/mol. The third-order valence-electron chi connectivity index (χ3n) is 2.66. The van der Waals surface area contributed by atoms with Crippen molar-refractivity contribution in [1.29, 1.82) is 0 Å². The summed E-state index contributed by atoms with van der Waals surface area (Å²) in [5, 5.41) is 0. The van der Waals surface area contributed by atoms with E-state index in [-0.39, 0.29) is 16.8 Å². The van der Waals surface area contributed by atoms with Gasteiger partial charge < -0.3 is 9.47 Å². The molecule has 2 amide bonds. The smallest absolute Gasteiger partial charge is 0.358 e. The van der Waals surface area contributed by atoms with Crippen molar-refractivity contribution in [2.45, 2.75) is 0 Å². The van der Waals surface area contributed by atoms with Crippen LogP contribution in [0.1, 0.15) is 20.7 Å². The molecule has 0 radical (unpaired) electrons. The van der Waals surface area contributed by atoms with Crippen LogP contribution in [0.15, 0.2) is 36.2 Å². The molecule has 1 aliphatic heterocycles. The summed E-state index contributed by atoms with van der Waals surface area (Å²) in [5.74, 6) is -1.97. The number of carbonyl (C=O) groups is 3. The van der Waals surface area contributed by atoms with Crippen LogP contribution in [-0.4, -0.2) is 36.9 Å². The average molecular weight is 261 g/mol. The van der Waals surface area contributed by atoms with Gasteiger partial charge in [0.15, 0.2) is 5.70 Å². The van der Waals surface area contributed by atoms with Crippen molar-refractivity contribution in [2.24, 2.45) is 0 Å². The van der Waals surface area contributed by atoms with E-state index in [9.17, 15) is 14.4 Å². The molecule has 6 nitrogen and oxygen atoms in total. The molecule has 1 heterocycles. The molecule has 0 atom stereocenters. The molecule has 6 heteroatoms. The van der Waals surface area contributed by atoms with E-state index in [1.54, 1.807) is 12.1 Å². The average Bonchev–Trinajstić information content (AvgIpc) is 2.68. The van der Waals surface area contributed by atoms with Crippen molar-refractivity contribution < 1.29 is 23.9 Å². The van der Waals surface area contributed by atoms with E-state index in [1.807, 2.05) is 0 Å². The van der Waals surface area contributed by atoms with Gasteiger partial charge in [-0.25, -0.2) is 9.69 Å². The summed E-state index contributed by atoms with van der Waals surface area (Å²) in [6.07, 6.45) is 1.01. The first-order valence-corrected chi connectivity index (χ1v) is 5.41. The highest BCUT2D eigenvalue weighted by atomic mass is 16.5. The van der Waals surface area contributed by atoms with Crippen LogP contribution in [-0.2, 0) is 14.3 Å². The van der Waals surface area contributed by atoms with Crippen LogP contribution < -0.4 is 0 Å². The van der Waals surface area contributed by atoms with E-state index in [1.165, 1.54) is 19.2 Å². The van der Waals surface area contributed by atoms with Gasteiger partial charge in [-0.2, -0.15) is 0 Å². The highest BCUT2D eigenvalue weighted by Gasteiger charge is 2.40. The molecule has 98 valence electrons. The Bertz CT molecular complexity index is 555. The molecule has 0 N–H and O–H groups in total. The Balaban J connectivity index is 2.48. The van der Waals surface area contributed by atoms with Gasteiger partial charge in [-0.1, -0.05) is 12.1 Å². The topological polar surface area (TPSA) is 72.9 Å². The molecule has 0 spiro atoms. The Morgan fingerprint density at radius 1 is 1.11 bits per heavy atom. The number of imide groups is 1. The number of amides is 2. The van der Waals surface area contributed by atoms with E-state index in [0.717, 1.165) is 18.3 Å². The lowest BCUT2D eigenvalue weighted by Gasteiger charge is -2.15. The number of carbonyl (C=O) groups excluding carboxylic acids is 3. The first-order chi connectivity index (χ1) is 9.11.